The van der Waals surface area contributed by atoms with Crippen LogP contribution in [0.5, 0.6) is 0 Å². The second kappa shape index (κ2) is 6.64. The summed E-state index contributed by atoms with van der Waals surface area (Å²) in [5.74, 6) is -0.658. The van der Waals surface area contributed by atoms with Crippen LogP contribution in [0, 0.1) is 0 Å². The highest BCUT2D eigenvalue weighted by atomic mass is 79.9. The monoisotopic (exact) mass is 413 g/mol. The maximum absolute atomic E-state index is 12.3. The normalized spacial score (nSPS) is 23.0. The number of rotatable bonds is 3. The van der Waals surface area contributed by atoms with E-state index in [1.54, 1.807) is 24.3 Å². The molecule has 2 aliphatic rings. The summed E-state index contributed by atoms with van der Waals surface area (Å²) in [6.45, 7) is 0. The first kappa shape index (κ1) is 17.1. The molecule has 3 rings (SSSR count). The summed E-state index contributed by atoms with van der Waals surface area (Å²) in [4.78, 5) is 24.4. The van der Waals surface area contributed by atoms with Crippen LogP contribution in [0.25, 0.3) is 0 Å². The number of carbonyl (C=O) groups is 2. The van der Waals surface area contributed by atoms with Crippen LogP contribution in [-0.2, 0) is 19.4 Å². The maximum atomic E-state index is 12.3. The number of amides is 2. The van der Waals surface area contributed by atoms with Crippen LogP contribution in [0.15, 0.2) is 33.8 Å². The van der Waals surface area contributed by atoms with E-state index in [1.165, 1.54) is 5.01 Å². The van der Waals surface area contributed by atoms with E-state index in [-0.39, 0.29) is 41.9 Å². The maximum Gasteiger partial charge on any atom is 0.271 e. The summed E-state index contributed by atoms with van der Waals surface area (Å²) in [6, 6.07) is 6.63. The number of benzene rings is 1. The van der Waals surface area contributed by atoms with E-state index in [2.05, 4.69) is 26.3 Å². The van der Waals surface area contributed by atoms with Gasteiger partial charge in [-0.05, 0) is 30.7 Å². The van der Waals surface area contributed by atoms with Crippen LogP contribution in [0.2, 0.25) is 0 Å². The highest BCUT2D eigenvalue weighted by Gasteiger charge is 2.37. The van der Waals surface area contributed by atoms with Crippen molar-refractivity contribution >= 4 is 49.0 Å². The van der Waals surface area contributed by atoms with Crippen LogP contribution in [0.1, 0.15) is 19.3 Å². The van der Waals surface area contributed by atoms with Crippen LogP contribution >= 0.6 is 15.9 Å². The molecule has 0 spiro atoms. The Kier molecular flexibility index (Phi) is 4.73. The van der Waals surface area contributed by atoms with Gasteiger partial charge in [-0.15, -0.1) is 0 Å². The number of nitrogens with zero attached hydrogens (tertiary/aromatic N) is 2. The van der Waals surface area contributed by atoms with Crippen molar-refractivity contribution in [1.29, 1.82) is 0 Å². The molecule has 128 valence electrons. The van der Waals surface area contributed by atoms with Crippen LogP contribution in [-0.4, -0.2) is 48.5 Å². The lowest BCUT2D eigenvalue weighted by Crippen LogP contribution is -2.42. The summed E-state index contributed by atoms with van der Waals surface area (Å²) in [5, 5.41) is 8.06. The summed E-state index contributed by atoms with van der Waals surface area (Å²) in [6.07, 6.45) is 0.763. The van der Waals surface area contributed by atoms with Gasteiger partial charge in [0.05, 0.1) is 17.5 Å². The Morgan fingerprint density at radius 2 is 1.96 bits per heavy atom. The number of sulfone groups is 1. The number of nitrogens with one attached hydrogen (secondary N) is 1. The fourth-order valence-electron chi connectivity index (χ4n) is 2.72. The van der Waals surface area contributed by atoms with Gasteiger partial charge in [-0.2, -0.15) is 5.10 Å². The van der Waals surface area contributed by atoms with E-state index in [9.17, 15) is 18.0 Å². The van der Waals surface area contributed by atoms with Gasteiger partial charge in [0.2, 0.25) is 5.91 Å². The van der Waals surface area contributed by atoms with E-state index in [4.69, 9.17) is 0 Å². The van der Waals surface area contributed by atoms with Crippen molar-refractivity contribution in [2.24, 2.45) is 5.10 Å². The molecule has 2 heterocycles. The van der Waals surface area contributed by atoms with Crippen molar-refractivity contribution in [3.8, 4) is 0 Å². The van der Waals surface area contributed by atoms with Crippen LogP contribution in [0.4, 0.5) is 5.69 Å². The number of hydrogen-bond acceptors (Lipinski definition) is 5. The molecule has 2 aliphatic heterocycles. The third-order valence-electron chi connectivity index (χ3n) is 3.98. The van der Waals surface area contributed by atoms with Gasteiger partial charge in [0.15, 0.2) is 9.84 Å². The van der Waals surface area contributed by atoms with Gasteiger partial charge in [0.1, 0.15) is 5.71 Å². The van der Waals surface area contributed by atoms with E-state index >= 15 is 0 Å². The highest BCUT2D eigenvalue weighted by Crippen LogP contribution is 2.22. The molecule has 1 aromatic carbocycles. The average Bonchev–Trinajstić information content (AvgIpc) is 2.90. The zero-order chi connectivity index (χ0) is 17.3. The summed E-state index contributed by atoms with van der Waals surface area (Å²) in [7, 11) is -3.13. The minimum absolute atomic E-state index is 0.0530. The first-order valence-corrected chi connectivity index (χ1v) is 10.1. The van der Waals surface area contributed by atoms with Gasteiger partial charge in [0, 0.05) is 23.0 Å². The summed E-state index contributed by atoms with van der Waals surface area (Å²) in [5.41, 5.74) is 0.861. The predicted octanol–water partition coefficient (Wildman–Crippen LogP) is 1.55. The molecule has 9 heteroatoms. The summed E-state index contributed by atoms with van der Waals surface area (Å²) < 4.78 is 24.1. The van der Waals surface area contributed by atoms with Gasteiger partial charge >= 0.3 is 0 Å². The Morgan fingerprint density at radius 1 is 1.25 bits per heavy atom. The molecule has 0 unspecified atom stereocenters. The molecule has 1 atom stereocenters. The van der Waals surface area contributed by atoms with Gasteiger partial charge in [0.25, 0.3) is 5.91 Å². The predicted molar refractivity (Wildman–Crippen MR) is 93.3 cm³/mol. The van der Waals surface area contributed by atoms with E-state index in [1.807, 2.05) is 0 Å². The molecule has 0 aromatic heterocycles. The largest absolute Gasteiger partial charge is 0.321 e. The Balaban J connectivity index is 1.75. The second-order valence-electron chi connectivity index (χ2n) is 5.80. The molecule has 7 nitrogen and oxygen atoms in total. The van der Waals surface area contributed by atoms with Gasteiger partial charge < -0.3 is 5.32 Å². The lowest BCUT2D eigenvalue weighted by molar-refractivity contribution is -0.133. The van der Waals surface area contributed by atoms with E-state index in [0.717, 1.165) is 4.47 Å². The number of anilines is 1. The van der Waals surface area contributed by atoms with Crippen LogP contribution < -0.4 is 5.32 Å². The zero-order valence-electron chi connectivity index (χ0n) is 12.7. The second-order valence-corrected chi connectivity index (χ2v) is 8.95. The lowest BCUT2D eigenvalue weighted by atomic mass is 10.1. The van der Waals surface area contributed by atoms with Crippen LogP contribution in [0.3, 0.4) is 0 Å². The van der Waals surface area contributed by atoms with Crippen molar-refractivity contribution in [2.45, 2.75) is 25.3 Å². The zero-order valence-corrected chi connectivity index (χ0v) is 15.1. The van der Waals surface area contributed by atoms with Crippen molar-refractivity contribution in [2.75, 3.05) is 16.8 Å². The smallest absolute Gasteiger partial charge is 0.271 e. The van der Waals surface area contributed by atoms with Gasteiger partial charge in [-0.25, -0.2) is 13.4 Å². The molecular weight excluding hydrogens is 398 g/mol. The molecule has 2 amide bonds. The molecule has 1 fully saturated rings. The quantitative estimate of drug-likeness (QED) is 0.812. The minimum Gasteiger partial charge on any atom is -0.321 e. The third-order valence-corrected chi connectivity index (χ3v) is 6.26. The SMILES string of the molecule is O=C(Nc1ccc(Br)cc1)C1=NN([C@H]2CCS(=O)(=O)C2)C(=O)CC1. The Morgan fingerprint density at radius 3 is 2.58 bits per heavy atom. The fraction of sp³-hybridized carbons (Fsp3) is 0.400. The van der Waals surface area contributed by atoms with Crippen molar-refractivity contribution < 1.29 is 18.0 Å². The van der Waals surface area contributed by atoms with E-state index in [0.29, 0.717) is 12.1 Å². The standard InChI is InChI=1S/C15H16BrN3O4S/c16-10-1-3-11(4-2-10)17-15(21)13-5-6-14(20)19(18-13)12-7-8-24(22,23)9-12/h1-4,12H,5-9H2,(H,17,21)/t12-/m0/s1. The van der Waals surface area contributed by atoms with E-state index < -0.39 is 15.9 Å². The number of hydrogen-bond donors (Lipinski definition) is 1. The average molecular weight is 414 g/mol. The topological polar surface area (TPSA) is 95.9 Å². The lowest BCUT2D eigenvalue weighted by Gasteiger charge is -2.27. The number of carbonyl (C=O) groups excluding carboxylic acids is 2. The Bertz CT molecular complexity index is 805. The third kappa shape index (κ3) is 3.84. The number of halogens is 1. The minimum atomic E-state index is -3.13. The fourth-order valence-corrected chi connectivity index (χ4v) is 4.68. The molecular formula is C15H16BrN3O4S. The van der Waals surface area contributed by atoms with Crippen molar-refractivity contribution in [1.82, 2.24) is 5.01 Å². The molecule has 1 aromatic rings. The summed E-state index contributed by atoms with van der Waals surface area (Å²) >= 11 is 3.32. The molecule has 1 saturated heterocycles. The first-order valence-electron chi connectivity index (χ1n) is 7.51. The molecule has 0 radical (unpaired) electrons. The van der Waals surface area contributed by atoms with Gasteiger partial charge in [-0.1, -0.05) is 15.9 Å². The molecule has 0 aliphatic carbocycles. The molecule has 24 heavy (non-hydrogen) atoms. The number of hydrazone groups is 1. The molecule has 0 saturated carbocycles. The van der Waals surface area contributed by atoms with Crippen molar-refractivity contribution in [3.63, 3.8) is 0 Å². The molecule has 1 N–H and O–H groups in total. The Labute approximate surface area is 148 Å². The Hall–Kier alpha value is -1.74. The van der Waals surface area contributed by atoms with Crippen molar-refractivity contribution in [3.05, 3.63) is 28.7 Å². The highest BCUT2D eigenvalue weighted by molar-refractivity contribution is 9.10. The molecule has 0 bridgehead atoms. The van der Waals surface area contributed by atoms with Gasteiger partial charge in [-0.3, -0.25) is 9.59 Å². The first-order chi connectivity index (χ1) is 11.3.